The van der Waals surface area contributed by atoms with Crippen molar-refractivity contribution in [3.8, 4) is 17.6 Å². The van der Waals surface area contributed by atoms with Gasteiger partial charge in [-0.15, -0.1) is 0 Å². The van der Waals surface area contributed by atoms with Crippen LogP contribution in [-0.2, 0) is 6.61 Å². The number of hydrogen-bond donors (Lipinski definition) is 1. The van der Waals surface area contributed by atoms with Crippen LogP contribution in [0.15, 0.2) is 42.5 Å². The molecule has 0 amide bonds. The summed E-state index contributed by atoms with van der Waals surface area (Å²) in [6.07, 6.45) is 0. The first-order valence-corrected chi connectivity index (χ1v) is 5.95. The summed E-state index contributed by atoms with van der Waals surface area (Å²) >= 11 is 0. The molecule has 4 heteroatoms. The molecule has 0 saturated carbocycles. The third-order valence-electron chi connectivity index (χ3n) is 2.56. The van der Waals surface area contributed by atoms with Gasteiger partial charge in [-0.25, -0.2) is 8.78 Å². The minimum atomic E-state index is -0.453. The fourth-order valence-corrected chi connectivity index (χ4v) is 1.60. The minimum absolute atomic E-state index is 0.00297. The van der Waals surface area contributed by atoms with Crippen LogP contribution in [0, 0.1) is 23.5 Å². The van der Waals surface area contributed by atoms with E-state index in [2.05, 4.69) is 11.8 Å². The van der Waals surface area contributed by atoms with Crippen LogP contribution in [0.1, 0.15) is 11.1 Å². The van der Waals surface area contributed by atoms with Crippen LogP contribution in [0.2, 0.25) is 0 Å². The van der Waals surface area contributed by atoms with Crippen LogP contribution in [0.5, 0.6) is 5.75 Å². The Hall–Kier alpha value is -2.38. The van der Waals surface area contributed by atoms with E-state index < -0.39 is 11.6 Å². The molecule has 0 spiro atoms. The van der Waals surface area contributed by atoms with Crippen molar-refractivity contribution in [3.05, 3.63) is 65.2 Å². The summed E-state index contributed by atoms with van der Waals surface area (Å²) in [6, 6.07) is 10.1. The van der Waals surface area contributed by atoms with E-state index in [9.17, 15) is 8.78 Å². The SMILES string of the molecule is OCC#Cc1ccc(COc2cccc(F)c2)c(F)c1. The Morgan fingerprint density at radius 1 is 1.10 bits per heavy atom. The van der Waals surface area contributed by atoms with E-state index in [-0.39, 0.29) is 13.2 Å². The molecular formula is C16H12F2O2. The number of rotatable bonds is 3. The average molecular weight is 274 g/mol. The molecule has 0 aromatic heterocycles. The quantitative estimate of drug-likeness (QED) is 0.872. The third kappa shape index (κ3) is 3.81. The molecule has 20 heavy (non-hydrogen) atoms. The maximum atomic E-state index is 13.8. The molecule has 0 radical (unpaired) electrons. The summed E-state index contributed by atoms with van der Waals surface area (Å²) in [7, 11) is 0. The van der Waals surface area contributed by atoms with E-state index in [1.807, 2.05) is 0 Å². The minimum Gasteiger partial charge on any atom is -0.489 e. The second-order valence-corrected chi connectivity index (χ2v) is 4.01. The second-order valence-electron chi connectivity index (χ2n) is 4.01. The first-order valence-electron chi connectivity index (χ1n) is 5.95. The Kier molecular flexibility index (Phi) is 4.70. The molecule has 0 heterocycles. The van der Waals surface area contributed by atoms with E-state index >= 15 is 0 Å². The highest BCUT2D eigenvalue weighted by molar-refractivity contribution is 5.37. The fourth-order valence-electron chi connectivity index (χ4n) is 1.60. The molecule has 2 rings (SSSR count). The predicted octanol–water partition coefficient (Wildman–Crippen LogP) is 2.89. The first-order chi connectivity index (χ1) is 9.69. The monoisotopic (exact) mass is 274 g/mol. The maximum Gasteiger partial charge on any atom is 0.131 e. The first kappa shape index (κ1) is 14.0. The fraction of sp³-hybridized carbons (Fsp3) is 0.125. The van der Waals surface area contributed by atoms with Crippen LogP contribution in [0.3, 0.4) is 0 Å². The molecule has 102 valence electrons. The molecule has 2 aromatic rings. The lowest BCUT2D eigenvalue weighted by Gasteiger charge is -2.07. The van der Waals surface area contributed by atoms with Gasteiger partial charge in [0.05, 0.1) is 0 Å². The maximum absolute atomic E-state index is 13.8. The molecule has 0 bridgehead atoms. The summed E-state index contributed by atoms with van der Waals surface area (Å²) in [4.78, 5) is 0. The summed E-state index contributed by atoms with van der Waals surface area (Å²) < 4.78 is 32.0. The van der Waals surface area contributed by atoms with Crippen LogP contribution in [-0.4, -0.2) is 11.7 Å². The largest absolute Gasteiger partial charge is 0.489 e. The van der Waals surface area contributed by atoms with Gasteiger partial charge in [-0.3, -0.25) is 0 Å². The molecule has 1 N–H and O–H groups in total. The highest BCUT2D eigenvalue weighted by Crippen LogP contribution is 2.16. The van der Waals surface area contributed by atoms with E-state index in [1.165, 1.54) is 24.3 Å². The molecule has 0 fully saturated rings. The van der Waals surface area contributed by atoms with Crippen LogP contribution >= 0.6 is 0 Å². The van der Waals surface area contributed by atoms with Gasteiger partial charge in [0, 0.05) is 17.2 Å². The van der Waals surface area contributed by atoms with Crippen molar-refractivity contribution in [3.63, 3.8) is 0 Å². The molecule has 2 aromatic carbocycles. The smallest absolute Gasteiger partial charge is 0.131 e. The van der Waals surface area contributed by atoms with E-state index in [4.69, 9.17) is 9.84 Å². The van der Waals surface area contributed by atoms with E-state index in [1.54, 1.807) is 18.2 Å². The highest BCUT2D eigenvalue weighted by Gasteiger charge is 2.04. The van der Waals surface area contributed by atoms with Crippen molar-refractivity contribution >= 4 is 0 Å². The van der Waals surface area contributed by atoms with Crippen LogP contribution < -0.4 is 4.74 Å². The second kappa shape index (κ2) is 6.69. The molecule has 0 aliphatic carbocycles. The van der Waals surface area contributed by atoms with Gasteiger partial charge in [-0.05, 0) is 24.3 Å². The van der Waals surface area contributed by atoms with Gasteiger partial charge in [0.2, 0.25) is 0 Å². The summed E-state index contributed by atoms with van der Waals surface area (Å²) in [5, 5.41) is 8.57. The topological polar surface area (TPSA) is 29.5 Å². The molecule has 0 aliphatic rings. The van der Waals surface area contributed by atoms with Crippen molar-refractivity contribution in [2.75, 3.05) is 6.61 Å². The zero-order valence-corrected chi connectivity index (χ0v) is 10.6. The normalized spacial score (nSPS) is 9.75. The Morgan fingerprint density at radius 3 is 2.65 bits per heavy atom. The molecule has 0 unspecified atom stereocenters. The lowest BCUT2D eigenvalue weighted by Crippen LogP contribution is -1.99. The van der Waals surface area contributed by atoms with Crippen molar-refractivity contribution in [1.29, 1.82) is 0 Å². The van der Waals surface area contributed by atoms with Gasteiger partial charge in [0.15, 0.2) is 0 Å². The van der Waals surface area contributed by atoms with E-state index in [0.717, 1.165) is 0 Å². The number of hydrogen-bond acceptors (Lipinski definition) is 2. The van der Waals surface area contributed by atoms with Crippen LogP contribution in [0.4, 0.5) is 8.78 Å². The van der Waals surface area contributed by atoms with Crippen molar-refractivity contribution < 1.29 is 18.6 Å². The Morgan fingerprint density at radius 2 is 1.95 bits per heavy atom. The van der Waals surface area contributed by atoms with Gasteiger partial charge < -0.3 is 9.84 Å². The number of benzene rings is 2. The van der Waals surface area contributed by atoms with Crippen molar-refractivity contribution in [2.24, 2.45) is 0 Å². The molecule has 2 nitrogen and oxygen atoms in total. The van der Waals surface area contributed by atoms with Crippen molar-refractivity contribution in [2.45, 2.75) is 6.61 Å². The molecule has 0 atom stereocenters. The van der Waals surface area contributed by atoms with Gasteiger partial charge >= 0.3 is 0 Å². The predicted molar refractivity (Wildman–Crippen MR) is 71.1 cm³/mol. The highest BCUT2D eigenvalue weighted by atomic mass is 19.1. The zero-order chi connectivity index (χ0) is 14.4. The molecule has 0 saturated heterocycles. The molecule has 0 aliphatic heterocycles. The zero-order valence-electron chi connectivity index (χ0n) is 10.6. The Bertz CT molecular complexity index is 657. The van der Waals surface area contributed by atoms with Crippen LogP contribution in [0.25, 0.3) is 0 Å². The molecular weight excluding hydrogens is 262 g/mol. The summed E-state index contributed by atoms with van der Waals surface area (Å²) in [5.74, 6) is 4.54. The summed E-state index contributed by atoms with van der Waals surface area (Å²) in [5.41, 5.74) is 0.829. The number of ether oxygens (including phenoxy) is 1. The van der Waals surface area contributed by atoms with Gasteiger partial charge in [0.1, 0.15) is 30.6 Å². The van der Waals surface area contributed by atoms with E-state index in [0.29, 0.717) is 16.9 Å². The third-order valence-corrected chi connectivity index (χ3v) is 2.56. The Labute approximate surface area is 115 Å². The number of aliphatic hydroxyl groups is 1. The Balaban J connectivity index is 2.06. The van der Waals surface area contributed by atoms with Gasteiger partial charge in [0.25, 0.3) is 0 Å². The standard InChI is InChI=1S/C16H12F2O2/c17-14-4-1-5-15(10-14)20-11-13-7-6-12(3-2-8-19)9-16(13)18/h1,4-7,9-10,19H,8,11H2. The number of aliphatic hydroxyl groups excluding tert-OH is 1. The van der Waals surface area contributed by atoms with Gasteiger partial charge in [-0.1, -0.05) is 24.0 Å². The lowest BCUT2D eigenvalue weighted by atomic mass is 10.1. The lowest BCUT2D eigenvalue weighted by molar-refractivity contribution is 0.298. The average Bonchev–Trinajstić information content (AvgIpc) is 2.44. The summed E-state index contributed by atoms with van der Waals surface area (Å²) in [6.45, 7) is -0.269. The van der Waals surface area contributed by atoms with Crippen molar-refractivity contribution in [1.82, 2.24) is 0 Å². The number of halogens is 2. The van der Waals surface area contributed by atoms with Gasteiger partial charge in [-0.2, -0.15) is 0 Å².